The Morgan fingerprint density at radius 2 is 1.65 bits per heavy atom. The van der Waals surface area contributed by atoms with Crippen molar-refractivity contribution in [2.24, 2.45) is 0 Å². The zero-order valence-corrected chi connectivity index (χ0v) is 19.2. The van der Waals surface area contributed by atoms with E-state index < -0.39 is 30.4 Å². The third-order valence-corrected chi connectivity index (χ3v) is 5.65. The second-order valence-corrected chi connectivity index (χ2v) is 8.12. The maximum Gasteiger partial charge on any atom is 0.338 e. The molecule has 3 unspecified atom stereocenters. The summed E-state index contributed by atoms with van der Waals surface area (Å²) in [6.07, 6.45) is -0.246. The Labute approximate surface area is 198 Å². The molecule has 1 fully saturated rings. The second-order valence-electron chi connectivity index (χ2n) is 8.12. The number of ether oxygens (including phenoxy) is 4. The standard InChI is InChI=1S/C26H28N2O6/c1-3-22-17(2)27-28-24(22)34-23-15-20(33-26(30)19-12-8-5-9-13-19)14-21(32-23)16-31-25(29)18-10-6-4-7-11-18/h4-13,20-21,23H,3,14-16H2,1-2H3,(H,27,28). The fourth-order valence-corrected chi connectivity index (χ4v) is 3.90. The van der Waals surface area contributed by atoms with Gasteiger partial charge in [-0.3, -0.25) is 5.10 Å². The largest absolute Gasteiger partial charge is 0.459 e. The Hall–Kier alpha value is -3.65. The fourth-order valence-electron chi connectivity index (χ4n) is 3.90. The van der Waals surface area contributed by atoms with Gasteiger partial charge in [0.1, 0.15) is 12.7 Å². The molecule has 1 aromatic heterocycles. The molecule has 4 rings (SSSR count). The molecule has 34 heavy (non-hydrogen) atoms. The van der Waals surface area contributed by atoms with Crippen LogP contribution in [0, 0.1) is 6.92 Å². The van der Waals surface area contributed by atoms with Crippen LogP contribution in [0.25, 0.3) is 0 Å². The summed E-state index contributed by atoms with van der Waals surface area (Å²) in [6.45, 7) is 3.95. The van der Waals surface area contributed by atoms with Crippen molar-refractivity contribution in [3.63, 3.8) is 0 Å². The van der Waals surface area contributed by atoms with Crippen LogP contribution in [0.4, 0.5) is 0 Å². The number of benzene rings is 2. The molecular weight excluding hydrogens is 436 g/mol. The topological polar surface area (TPSA) is 99.7 Å². The SMILES string of the molecule is CCc1c(OC2CC(OC(=O)c3ccccc3)CC(COC(=O)c3ccccc3)O2)n[nH]c1C. The lowest BCUT2D eigenvalue weighted by Crippen LogP contribution is -2.43. The zero-order valence-electron chi connectivity index (χ0n) is 19.2. The van der Waals surface area contributed by atoms with Crippen LogP contribution in [0.15, 0.2) is 60.7 Å². The van der Waals surface area contributed by atoms with Gasteiger partial charge in [-0.15, -0.1) is 5.10 Å². The number of carbonyl (C=O) groups excluding carboxylic acids is 2. The Morgan fingerprint density at radius 1 is 1.00 bits per heavy atom. The number of rotatable bonds is 8. The summed E-state index contributed by atoms with van der Waals surface area (Å²) in [5.74, 6) is -0.405. The number of esters is 2. The number of hydrogen-bond acceptors (Lipinski definition) is 7. The minimum absolute atomic E-state index is 0.00715. The molecule has 1 aliphatic heterocycles. The summed E-state index contributed by atoms with van der Waals surface area (Å²) >= 11 is 0. The first-order valence-electron chi connectivity index (χ1n) is 11.4. The van der Waals surface area contributed by atoms with Crippen LogP contribution in [-0.4, -0.2) is 47.2 Å². The van der Waals surface area contributed by atoms with E-state index in [0.717, 1.165) is 17.7 Å². The molecule has 1 saturated heterocycles. The summed E-state index contributed by atoms with van der Waals surface area (Å²) in [5, 5.41) is 7.16. The summed E-state index contributed by atoms with van der Waals surface area (Å²) in [4.78, 5) is 25.0. The molecular formula is C26H28N2O6. The van der Waals surface area contributed by atoms with Gasteiger partial charge < -0.3 is 18.9 Å². The number of aromatic nitrogens is 2. The van der Waals surface area contributed by atoms with Gasteiger partial charge in [-0.05, 0) is 37.6 Å². The van der Waals surface area contributed by atoms with E-state index in [1.165, 1.54) is 0 Å². The number of carbonyl (C=O) groups is 2. The quantitative estimate of drug-likeness (QED) is 0.498. The molecule has 0 amide bonds. The molecule has 1 N–H and O–H groups in total. The number of hydrogen-bond donors (Lipinski definition) is 1. The Kier molecular flexibility index (Phi) is 7.59. The maximum absolute atomic E-state index is 12.6. The van der Waals surface area contributed by atoms with Crippen LogP contribution in [0.2, 0.25) is 0 Å². The first-order chi connectivity index (χ1) is 16.5. The molecule has 0 saturated carbocycles. The molecule has 2 aromatic carbocycles. The first-order valence-corrected chi connectivity index (χ1v) is 11.4. The number of H-pyrrole nitrogens is 1. The highest BCUT2D eigenvalue weighted by atomic mass is 16.7. The van der Waals surface area contributed by atoms with Crippen LogP contribution in [0.1, 0.15) is 51.7 Å². The average molecular weight is 465 g/mol. The third kappa shape index (κ3) is 5.82. The lowest BCUT2D eigenvalue weighted by atomic mass is 10.0. The van der Waals surface area contributed by atoms with Gasteiger partial charge in [0.25, 0.3) is 0 Å². The van der Waals surface area contributed by atoms with Crippen LogP contribution in [0.3, 0.4) is 0 Å². The molecule has 1 aliphatic rings. The summed E-state index contributed by atoms with van der Waals surface area (Å²) in [6, 6.07) is 17.6. The van der Waals surface area contributed by atoms with Crippen molar-refractivity contribution in [2.45, 2.75) is 51.6 Å². The predicted octanol–water partition coefficient (Wildman–Crippen LogP) is 4.25. The third-order valence-electron chi connectivity index (χ3n) is 5.65. The molecule has 8 heteroatoms. The molecule has 0 radical (unpaired) electrons. The summed E-state index contributed by atoms with van der Waals surface area (Å²) in [5.41, 5.74) is 2.81. The van der Waals surface area contributed by atoms with E-state index >= 15 is 0 Å². The highest BCUT2D eigenvalue weighted by molar-refractivity contribution is 5.89. The average Bonchev–Trinajstić information content (AvgIpc) is 3.22. The van der Waals surface area contributed by atoms with Crippen molar-refractivity contribution in [3.8, 4) is 5.88 Å². The number of aromatic amines is 1. The Bertz CT molecular complexity index is 1100. The Morgan fingerprint density at radius 3 is 2.29 bits per heavy atom. The molecule has 2 heterocycles. The second kappa shape index (κ2) is 11.0. The van der Waals surface area contributed by atoms with Gasteiger partial charge in [-0.2, -0.15) is 0 Å². The van der Waals surface area contributed by atoms with Crippen LogP contribution >= 0.6 is 0 Å². The van der Waals surface area contributed by atoms with Gasteiger partial charge >= 0.3 is 11.9 Å². The molecule has 0 aliphatic carbocycles. The van der Waals surface area contributed by atoms with Crippen LogP contribution in [-0.2, 0) is 20.6 Å². The molecule has 3 atom stereocenters. The van der Waals surface area contributed by atoms with Gasteiger partial charge in [-0.1, -0.05) is 43.3 Å². The van der Waals surface area contributed by atoms with E-state index in [4.69, 9.17) is 18.9 Å². The maximum atomic E-state index is 12.6. The van der Waals surface area contributed by atoms with Gasteiger partial charge in [0.05, 0.1) is 17.2 Å². The van der Waals surface area contributed by atoms with Gasteiger partial charge in [-0.25, -0.2) is 9.59 Å². The smallest absolute Gasteiger partial charge is 0.338 e. The van der Waals surface area contributed by atoms with E-state index in [0.29, 0.717) is 29.8 Å². The Balaban J connectivity index is 1.45. The van der Waals surface area contributed by atoms with E-state index in [1.54, 1.807) is 48.5 Å². The van der Waals surface area contributed by atoms with Crippen molar-refractivity contribution in [2.75, 3.05) is 6.61 Å². The number of nitrogens with zero attached hydrogens (tertiary/aromatic N) is 1. The van der Waals surface area contributed by atoms with Gasteiger partial charge in [0, 0.05) is 24.1 Å². The lowest BCUT2D eigenvalue weighted by molar-refractivity contribution is -0.186. The normalized spacial score (nSPS) is 19.9. The lowest BCUT2D eigenvalue weighted by Gasteiger charge is -2.34. The van der Waals surface area contributed by atoms with Crippen molar-refractivity contribution < 1.29 is 28.5 Å². The van der Waals surface area contributed by atoms with Crippen molar-refractivity contribution in [1.29, 1.82) is 0 Å². The van der Waals surface area contributed by atoms with Crippen LogP contribution in [0.5, 0.6) is 5.88 Å². The zero-order chi connectivity index (χ0) is 23.9. The van der Waals surface area contributed by atoms with Crippen molar-refractivity contribution in [1.82, 2.24) is 10.2 Å². The first kappa shape index (κ1) is 23.5. The van der Waals surface area contributed by atoms with Crippen molar-refractivity contribution >= 4 is 11.9 Å². The van der Waals surface area contributed by atoms with Gasteiger partial charge in [0.15, 0.2) is 0 Å². The highest BCUT2D eigenvalue weighted by Crippen LogP contribution is 2.28. The minimum Gasteiger partial charge on any atom is -0.459 e. The van der Waals surface area contributed by atoms with Crippen molar-refractivity contribution in [3.05, 3.63) is 83.0 Å². The molecule has 178 valence electrons. The minimum atomic E-state index is -0.712. The molecule has 0 spiro atoms. The monoisotopic (exact) mass is 464 g/mol. The predicted molar refractivity (Wildman–Crippen MR) is 124 cm³/mol. The fraction of sp³-hybridized carbons (Fsp3) is 0.346. The van der Waals surface area contributed by atoms with E-state index in [-0.39, 0.29) is 6.61 Å². The number of aryl methyl sites for hydroxylation is 1. The summed E-state index contributed by atoms with van der Waals surface area (Å²) in [7, 11) is 0. The van der Waals surface area contributed by atoms with E-state index in [1.807, 2.05) is 26.0 Å². The molecule has 0 bridgehead atoms. The molecule has 8 nitrogen and oxygen atoms in total. The van der Waals surface area contributed by atoms with E-state index in [2.05, 4.69) is 10.2 Å². The van der Waals surface area contributed by atoms with E-state index in [9.17, 15) is 9.59 Å². The molecule has 3 aromatic rings. The highest BCUT2D eigenvalue weighted by Gasteiger charge is 2.35. The van der Waals surface area contributed by atoms with Crippen LogP contribution < -0.4 is 4.74 Å². The number of nitrogens with one attached hydrogen (secondary N) is 1. The summed E-state index contributed by atoms with van der Waals surface area (Å²) < 4.78 is 23.3. The van der Waals surface area contributed by atoms with Gasteiger partial charge in [0.2, 0.25) is 12.2 Å².